The molecule has 6 heterocycles. The summed E-state index contributed by atoms with van der Waals surface area (Å²) < 4.78 is 5.81. The van der Waals surface area contributed by atoms with Gasteiger partial charge >= 0.3 is 5.97 Å². The molecular weight excluding hydrogens is 1040 g/mol. The van der Waals surface area contributed by atoms with Crippen LogP contribution in [0.15, 0.2) is 73.1 Å². The molecule has 0 radical (unpaired) electrons. The third-order valence-electron chi connectivity index (χ3n) is 15.8. The fourth-order valence-electron chi connectivity index (χ4n) is 11.0. The lowest BCUT2D eigenvalue weighted by molar-refractivity contribution is -0.157. The van der Waals surface area contributed by atoms with Crippen LogP contribution in [0.5, 0.6) is 0 Å². The van der Waals surface area contributed by atoms with Crippen molar-refractivity contribution < 1.29 is 43.1 Å². The third-order valence-corrected chi connectivity index (χ3v) is 15.8. The number of esters is 1. The average Bonchev–Trinajstić information content (AvgIpc) is 3.52. The van der Waals surface area contributed by atoms with E-state index in [0.29, 0.717) is 50.2 Å². The van der Waals surface area contributed by atoms with E-state index in [1.54, 1.807) is 86.3 Å². The number of hydrogen-bond donors (Lipinski definition) is 5. The second-order valence-corrected chi connectivity index (χ2v) is 24.1. The number of rotatable bonds is 2. The number of nitrogens with one attached hydrogen (secondary N) is 5. The van der Waals surface area contributed by atoms with E-state index in [0.717, 1.165) is 32.7 Å². The zero-order valence-corrected chi connectivity index (χ0v) is 50.0. The molecule has 4 aliphatic rings. The topological polar surface area (TPSA) is 245 Å². The van der Waals surface area contributed by atoms with E-state index in [1.165, 1.54) is 19.8 Å². The number of fused-ring (bicyclic) bond motifs is 8. The molecule has 0 unspecified atom stereocenters. The summed E-state index contributed by atoms with van der Waals surface area (Å²) in [6, 6.07) is 10.8. The summed E-state index contributed by atoms with van der Waals surface area (Å²) in [6.07, 6.45) is 12.6. The van der Waals surface area contributed by atoms with Crippen LogP contribution in [0, 0.1) is 22.7 Å². The minimum absolute atomic E-state index is 0.196. The summed E-state index contributed by atoms with van der Waals surface area (Å²) in [5.41, 5.74) is 7.33. The largest absolute Gasteiger partial charge is 0.457 e. The van der Waals surface area contributed by atoms with Gasteiger partial charge in [-0.1, -0.05) is 64.1 Å². The van der Waals surface area contributed by atoms with Gasteiger partial charge in [0.15, 0.2) is 0 Å². The molecule has 8 rings (SSSR count). The number of nitrogens with zero attached hydrogens (tertiary/aromatic N) is 6. The number of hydrazine groups is 2. The zero-order valence-electron chi connectivity index (χ0n) is 50.0. The maximum Gasteiger partial charge on any atom is 0.325 e. The van der Waals surface area contributed by atoms with Crippen molar-refractivity contribution in [2.45, 2.75) is 157 Å². The highest BCUT2D eigenvalue weighted by molar-refractivity contribution is 5.96. The summed E-state index contributed by atoms with van der Waals surface area (Å²) in [4.78, 5) is 119. The molecule has 2 aromatic heterocycles. The fourth-order valence-corrected chi connectivity index (χ4v) is 11.0. The first-order valence-corrected chi connectivity index (χ1v) is 28.6. The highest BCUT2D eigenvalue weighted by Gasteiger charge is 2.41. The number of amides is 7. The third kappa shape index (κ3) is 14.4. The molecule has 440 valence electrons. The molecule has 82 heavy (non-hydrogen) atoms. The number of benzene rings is 2. The number of carbonyl (C=O) groups is 8. The van der Waals surface area contributed by atoms with Crippen LogP contribution >= 0.6 is 0 Å². The molecule has 0 aliphatic carbocycles. The van der Waals surface area contributed by atoms with Crippen molar-refractivity contribution in [1.82, 2.24) is 56.6 Å². The van der Waals surface area contributed by atoms with Crippen LogP contribution < -0.4 is 26.8 Å². The van der Waals surface area contributed by atoms with E-state index in [2.05, 4.69) is 36.8 Å². The predicted molar refractivity (Wildman–Crippen MR) is 314 cm³/mol. The minimum atomic E-state index is -0.934. The number of pyridine rings is 2. The maximum atomic E-state index is 13.7. The molecule has 2 fully saturated rings. The van der Waals surface area contributed by atoms with Gasteiger partial charge in [0.1, 0.15) is 42.4 Å². The van der Waals surface area contributed by atoms with Gasteiger partial charge in [-0.05, 0) is 151 Å². The molecule has 7 amide bonds. The molecule has 2 aromatic carbocycles. The highest BCUT2D eigenvalue weighted by atomic mass is 16.5. The summed E-state index contributed by atoms with van der Waals surface area (Å²) in [7, 11) is 3.24. The lowest BCUT2D eigenvalue weighted by atomic mass is 9.89. The maximum absolute atomic E-state index is 13.7. The van der Waals surface area contributed by atoms with Crippen LogP contribution in [0.4, 0.5) is 0 Å². The van der Waals surface area contributed by atoms with Gasteiger partial charge in [0.2, 0.25) is 29.5 Å². The van der Waals surface area contributed by atoms with Gasteiger partial charge in [-0.3, -0.25) is 58.3 Å². The molecule has 4 aromatic rings. The van der Waals surface area contributed by atoms with Crippen molar-refractivity contribution in [2.24, 2.45) is 22.7 Å². The lowest BCUT2D eigenvalue weighted by Gasteiger charge is -2.37. The quantitative estimate of drug-likeness (QED) is 0.138. The van der Waals surface area contributed by atoms with Crippen molar-refractivity contribution >= 4 is 81.0 Å². The number of likely N-dealkylation sites (N-methyl/N-ethyl adjacent to an activating group) is 2. The van der Waals surface area contributed by atoms with Crippen molar-refractivity contribution in [3.8, 4) is 0 Å². The van der Waals surface area contributed by atoms with E-state index in [9.17, 15) is 38.4 Å². The van der Waals surface area contributed by atoms with Crippen LogP contribution in [0.2, 0.25) is 0 Å². The van der Waals surface area contributed by atoms with E-state index in [-0.39, 0.29) is 47.4 Å². The number of ether oxygens (including phenoxy) is 1. The number of aromatic nitrogens is 2. The summed E-state index contributed by atoms with van der Waals surface area (Å²) in [5, 5.41) is 15.2. The SMILES string of the molecule is CC(C)[C@H]1C(=O)N[C@@H](C)C(=O)N2CCC[C@H](N2)C(=O)N[C@H](C)c2ccc3cnc(cc3c2)/C=C/C(C)(C)C(=O)N1C.CC(C)[C@H]1C(=O)N[C@@H](C)C(=O)N2CCC[C@H](N2)C(=O)O[C@H](C)c2ccc3cnc(cc3c2)/C=C/C(C)(C)C(=O)N1C. The van der Waals surface area contributed by atoms with Crippen molar-refractivity contribution in [1.29, 1.82) is 0 Å². The summed E-state index contributed by atoms with van der Waals surface area (Å²) in [6.45, 7) is 22.5. The Hall–Kier alpha value is -7.58. The van der Waals surface area contributed by atoms with E-state index >= 15 is 0 Å². The summed E-state index contributed by atoms with van der Waals surface area (Å²) >= 11 is 0. The Morgan fingerprint density at radius 1 is 0.537 bits per heavy atom. The smallest absolute Gasteiger partial charge is 0.325 e. The zero-order chi connectivity index (χ0) is 60.1. The van der Waals surface area contributed by atoms with Crippen LogP contribution in [-0.4, -0.2) is 141 Å². The number of cyclic esters (lactones) is 1. The molecule has 2 saturated heterocycles. The number of carbonyl (C=O) groups excluding carboxylic acids is 8. The van der Waals surface area contributed by atoms with Gasteiger partial charge in [0.05, 0.1) is 28.3 Å². The Labute approximate surface area is 481 Å². The minimum Gasteiger partial charge on any atom is -0.457 e. The molecule has 8 atom stereocenters. The first-order valence-electron chi connectivity index (χ1n) is 28.6. The first kappa shape index (κ1) is 62.0. The van der Waals surface area contributed by atoms with Gasteiger partial charge in [-0.15, -0.1) is 0 Å². The Kier molecular flexibility index (Phi) is 19.4. The van der Waals surface area contributed by atoms with Crippen molar-refractivity contribution in [2.75, 3.05) is 27.2 Å². The van der Waals surface area contributed by atoms with Crippen molar-refractivity contribution in [3.63, 3.8) is 0 Å². The van der Waals surface area contributed by atoms with Gasteiger partial charge in [-0.2, -0.15) is 0 Å². The van der Waals surface area contributed by atoms with Gasteiger partial charge in [-0.25, -0.2) is 10.9 Å². The second kappa shape index (κ2) is 25.7. The molecule has 20 nitrogen and oxygen atoms in total. The monoisotopic (exact) mass is 1130 g/mol. The van der Waals surface area contributed by atoms with Crippen LogP contribution in [0.25, 0.3) is 33.7 Å². The molecule has 0 spiro atoms. The second-order valence-electron chi connectivity index (χ2n) is 24.1. The van der Waals surface area contributed by atoms with E-state index in [4.69, 9.17) is 4.74 Å². The molecule has 20 heteroatoms. The van der Waals surface area contributed by atoms with Crippen LogP contribution in [0.3, 0.4) is 0 Å². The highest BCUT2D eigenvalue weighted by Crippen LogP contribution is 2.30. The average molecular weight is 1130 g/mol. The summed E-state index contributed by atoms with van der Waals surface area (Å²) in [5.74, 6) is -3.06. The van der Waals surface area contributed by atoms with Gasteiger partial charge in [0.25, 0.3) is 11.8 Å². The first-order chi connectivity index (χ1) is 38.6. The fraction of sp³-hybridized carbons (Fsp3) is 0.516. The standard InChI is InChI=1S/C31H42N6O4.C31H41N5O5/c1-18(2)26-28(39)34-20(4)29(40)37-14-8-9-25(35-37)27(38)33-19(3)21-10-11-22-17-32-24(16-23(22)15-21)12-13-31(5,6)30(41)36(26)7;1-18(2)26-27(37)33-19(3)28(38)36-14-8-9-25(34-36)29(39)41-20(4)21-10-11-22-17-32-24(16-23(22)15-21)12-13-31(5,6)30(40)35(26)7/h10-13,15-20,25-26,35H,8-9,14H2,1-7H3,(H,33,38)(H,34,39);10-13,15-20,25-26,34H,8-9,14H2,1-7H3,(H,33,37)/b2*13-12+/t19-,20+,25+,26+;19-,20+,25-,26-/m10/s1. The van der Waals surface area contributed by atoms with Gasteiger partial charge < -0.3 is 30.5 Å². The lowest BCUT2D eigenvalue weighted by Crippen LogP contribution is -2.62. The Morgan fingerprint density at radius 3 is 1.41 bits per heavy atom. The predicted octanol–water partition coefficient (Wildman–Crippen LogP) is 6.32. The normalized spacial score (nSPS) is 27.1. The Balaban J connectivity index is 0.000000236. The van der Waals surface area contributed by atoms with Crippen LogP contribution in [-0.2, 0) is 43.1 Å². The molecule has 10 bridgehead atoms. The molecule has 0 saturated carbocycles. The van der Waals surface area contributed by atoms with E-state index in [1.807, 2.05) is 96.1 Å². The molecular formula is C62H83N11O9. The van der Waals surface area contributed by atoms with Crippen LogP contribution in [0.1, 0.15) is 143 Å². The molecule has 5 N–H and O–H groups in total. The Morgan fingerprint density at radius 2 is 0.951 bits per heavy atom. The Bertz CT molecular complexity index is 2950. The molecule has 4 aliphatic heterocycles. The van der Waals surface area contributed by atoms with Crippen molar-refractivity contribution in [3.05, 3.63) is 95.6 Å². The van der Waals surface area contributed by atoms with E-state index < -0.39 is 71.0 Å². The number of hydrogen-bond acceptors (Lipinski definition) is 13. The van der Waals surface area contributed by atoms with Gasteiger partial charge in [0, 0.05) is 50.4 Å².